The first-order valence-corrected chi connectivity index (χ1v) is 9.92. The Morgan fingerprint density at radius 2 is 1.79 bits per heavy atom. The minimum atomic E-state index is -0.490. The molecule has 0 unspecified atom stereocenters. The van der Waals surface area contributed by atoms with E-state index in [-0.39, 0.29) is 5.76 Å². The van der Waals surface area contributed by atoms with Crippen molar-refractivity contribution < 1.29 is 23.7 Å². The van der Waals surface area contributed by atoms with E-state index in [0.29, 0.717) is 40.4 Å². The zero-order valence-electron chi connectivity index (χ0n) is 15.9. The average molecular weight is 496 g/mol. The molecule has 0 aliphatic carbocycles. The lowest BCUT2D eigenvalue weighted by Gasteiger charge is -2.16. The summed E-state index contributed by atoms with van der Waals surface area (Å²) in [6.07, 6.45) is 1.89. The zero-order chi connectivity index (χ0) is 20.3. The van der Waals surface area contributed by atoms with Gasteiger partial charge in [-0.05, 0) is 59.3 Å². The van der Waals surface area contributed by atoms with Crippen molar-refractivity contribution in [3.8, 4) is 34.3 Å². The summed E-state index contributed by atoms with van der Waals surface area (Å²) in [7, 11) is 3.03. The molecule has 0 bridgehead atoms. The minimum Gasteiger partial charge on any atom is -0.502 e. The molecule has 0 aliphatic heterocycles. The fraction of sp³-hybridized carbons (Fsp3) is 0.286. The normalized spacial score (nSPS) is 10.9. The second kappa shape index (κ2) is 8.72. The molecule has 7 heteroatoms. The van der Waals surface area contributed by atoms with E-state index >= 15 is 0 Å². The number of hydrogen-bond donors (Lipinski definition) is 1. The Labute approximate surface area is 176 Å². The summed E-state index contributed by atoms with van der Waals surface area (Å²) >= 11 is 2.10. The molecule has 3 aromatic rings. The molecule has 0 atom stereocenters. The van der Waals surface area contributed by atoms with Crippen molar-refractivity contribution >= 4 is 33.6 Å². The van der Waals surface area contributed by atoms with E-state index in [1.807, 2.05) is 6.07 Å². The van der Waals surface area contributed by atoms with Crippen molar-refractivity contribution in [2.75, 3.05) is 20.8 Å². The first-order chi connectivity index (χ1) is 13.5. The van der Waals surface area contributed by atoms with Crippen LogP contribution in [0.15, 0.2) is 39.5 Å². The lowest BCUT2D eigenvalue weighted by molar-refractivity contribution is 0.270. The molecule has 3 rings (SSSR count). The van der Waals surface area contributed by atoms with Crippen LogP contribution in [0.4, 0.5) is 0 Å². The van der Waals surface area contributed by atoms with E-state index in [4.69, 9.17) is 18.6 Å². The van der Waals surface area contributed by atoms with Gasteiger partial charge in [0.05, 0.1) is 26.2 Å². The quantitative estimate of drug-likeness (QED) is 0.368. The molecule has 6 nitrogen and oxygen atoms in total. The lowest BCUT2D eigenvalue weighted by Crippen LogP contribution is -2.04. The molecule has 2 aromatic carbocycles. The van der Waals surface area contributed by atoms with Gasteiger partial charge < -0.3 is 23.7 Å². The topological polar surface area (TPSA) is 78.1 Å². The van der Waals surface area contributed by atoms with Gasteiger partial charge in [-0.2, -0.15) is 0 Å². The fourth-order valence-corrected chi connectivity index (χ4v) is 3.32. The first-order valence-electron chi connectivity index (χ1n) is 8.84. The number of methoxy groups -OCH3 is 2. The molecule has 0 saturated carbocycles. The number of unbranched alkanes of at least 4 members (excludes halogenated alkanes) is 1. The lowest BCUT2D eigenvalue weighted by atomic mass is 10.1. The molecule has 0 spiro atoms. The summed E-state index contributed by atoms with van der Waals surface area (Å²) in [5, 5.41) is 10.8. The van der Waals surface area contributed by atoms with Gasteiger partial charge in [-0.3, -0.25) is 4.79 Å². The fourth-order valence-electron chi connectivity index (χ4n) is 2.83. The Morgan fingerprint density at radius 1 is 1.11 bits per heavy atom. The molecule has 1 N–H and O–H groups in total. The van der Waals surface area contributed by atoms with Crippen LogP contribution in [0.25, 0.3) is 22.3 Å². The number of benzene rings is 2. The summed E-state index contributed by atoms with van der Waals surface area (Å²) in [4.78, 5) is 12.6. The van der Waals surface area contributed by atoms with Gasteiger partial charge in [0, 0.05) is 9.13 Å². The van der Waals surface area contributed by atoms with Gasteiger partial charge in [-0.15, -0.1) is 0 Å². The Balaban J connectivity index is 2.17. The maximum absolute atomic E-state index is 12.6. The van der Waals surface area contributed by atoms with Crippen LogP contribution in [-0.2, 0) is 0 Å². The smallest absolute Gasteiger partial charge is 0.235 e. The Bertz CT molecular complexity index is 1030. The summed E-state index contributed by atoms with van der Waals surface area (Å²) < 4.78 is 23.4. The standard InChI is InChI=1S/C21H21IO6/c1-4-5-8-27-21-16(25-2)9-12(10-17(21)26-3)20-19(24)18(23)14-11-13(22)6-7-15(14)28-20/h6-7,9-11,24H,4-5,8H2,1-3H3. The number of hydrogen-bond acceptors (Lipinski definition) is 6. The second-order valence-corrected chi connectivity index (χ2v) is 7.41. The van der Waals surface area contributed by atoms with Crippen molar-refractivity contribution in [3.05, 3.63) is 44.1 Å². The molecule has 1 heterocycles. The average Bonchev–Trinajstić information content (AvgIpc) is 2.71. The molecule has 148 valence electrons. The maximum atomic E-state index is 12.6. The molecular formula is C21H21IO6. The van der Waals surface area contributed by atoms with Crippen LogP contribution in [0.2, 0.25) is 0 Å². The molecule has 0 amide bonds. The number of ether oxygens (including phenoxy) is 3. The van der Waals surface area contributed by atoms with Crippen LogP contribution in [0.3, 0.4) is 0 Å². The van der Waals surface area contributed by atoms with Crippen LogP contribution in [-0.4, -0.2) is 25.9 Å². The monoisotopic (exact) mass is 496 g/mol. The number of rotatable bonds is 7. The van der Waals surface area contributed by atoms with Crippen molar-refractivity contribution in [1.82, 2.24) is 0 Å². The molecule has 28 heavy (non-hydrogen) atoms. The number of halogens is 1. The van der Waals surface area contributed by atoms with E-state index in [1.165, 1.54) is 14.2 Å². The van der Waals surface area contributed by atoms with E-state index < -0.39 is 11.2 Å². The molecule has 0 radical (unpaired) electrons. The highest BCUT2D eigenvalue weighted by Gasteiger charge is 2.21. The third kappa shape index (κ3) is 3.89. The van der Waals surface area contributed by atoms with Gasteiger partial charge >= 0.3 is 0 Å². The van der Waals surface area contributed by atoms with Crippen molar-refractivity contribution in [3.63, 3.8) is 0 Å². The van der Waals surface area contributed by atoms with Gasteiger partial charge in [0.1, 0.15) is 5.58 Å². The Morgan fingerprint density at radius 3 is 2.39 bits per heavy atom. The third-order valence-electron chi connectivity index (χ3n) is 4.30. The zero-order valence-corrected chi connectivity index (χ0v) is 18.0. The molecule has 0 aliphatic rings. The van der Waals surface area contributed by atoms with Gasteiger partial charge in [0.25, 0.3) is 0 Å². The summed E-state index contributed by atoms with van der Waals surface area (Å²) in [5.41, 5.74) is 0.349. The molecule has 1 aromatic heterocycles. The van der Waals surface area contributed by atoms with Crippen LogP contribution in [0.1, 0.15) is 19.8 Å². The molecule has 0 fully saturated rings. The molecular weight excluding hydrogens is 475 g/mol. The van der Waals surface area contributed by atoms with Crippen LogP contribution < -0.4 is 19.6 Å². The largest absolute Gasteiger partial charge is 0.502 e. The van der Waals surface area contributed by atoms with Gasteiger partial charge in [-0.1, -0.05) is 13.3 Å². The van der Waals surface area contributed by atoms with E-state index in [9.17, 15) is 9.90 Å². The van der Waals surface area contributed by atoms with Gasteiger partial charge in [0.15, 0.2) is 17.3 Å². The summed E-state index contributed by atoms with van der Waals surface area (Å²) in [6, 6.07) is 8.52. The third-order valence-corrected chi connectivity index (χ3v) is 4.97. The minimum absolute atomic E-state index is 0.0513. The predicted molar refractivity (Wildman–Crippen MR) is 116 cm³/mol. The van der Waals surface area contributed by atoms with E-state index in [0.717, 1.165) is 16.4 Å². The summed E-state index contributed by atoms with van der Waals surface area (Å²) in [5.74, 6) is 0.915. The first kappa shape index (κ1) is 20.3. The van der Waals surface area contributed by atoms with Crippen molar-refractivity contribution in [1.29, 1.82) is 0 Å². The number of aromatic hydroxyl groups is 1. The van der Waals surface area contributed by atoms with Crippen LogP contribution >= 0.6 is 22.6 Å². The highest BCUT2D eigenvalue weighted by molar-refractivity contribution is 14.1. The Kier molecular flexibility index (Phi) is 6.33. The predicted octanol–water partition coefficient (Wildman–Crippen LogP) is 4.97. The molecule has 0 saturated heterocycles. The van der Waals surface area contributed by atoms with E-state index in [2.05, 4.69) is 29.5 Å². The number of fused-ring (bicyclic) bond motifs is 1. The van der Waals surface area contributed by atoms with Crippen LogP contribution in [0, 0.1) is 3.57 Å². The highest BCUT2D eigenvalue weighted by atomic mass is 127. The van der Waals surface area contributed by atoms with Gasteiger partial charge in [-0.25, -0.2) is 0 Å². The summed E-state index contributed by atoms with van der Waals surface area (Å²) in [6.45, 7) is 2.60. The van der Waals surface area contributed by atoms with Crippen molar-refractivity contribution in [2.24, 2.45) is 0 Å². The second-order valence-electron chi connectivity index (χ2n) is 6.16. The van der Waals surface area contributed by atoms with Gasteiger partial charge in [0.2, 0.25) is 16.9 Å². The SMILES string of the molecule is CCCCOc1c(OC)cc(-c2oc3ccc(I)cc3c(=O)c2O)cc1OC. The maximum Gasteiger partial charge on any atom is 0.235 e. The Hall–Kier alpha value is -2.42. The van der Waals surface area contributed by atoms with Crippen molar-refractivity contribution in [2.45, 2.75) is 19.8 Å². The van der Waals surface area contributed by atoms with Crippen LogP contribution in [0.5, 0.6) is 23.0 Å². The highest BCUT2D eigenvalue weighted by Crippen LogP contribution is 2.43. The van der Waals surface area contributed by atoms with E-state index in [1.54, 1.807) is 24.3 Å².